The minimum atomic E-state index is -4.05. The summed E-state index contributed by atoms with van der Waals surface area (Å²) in [5.74, 6) is -2.08. The van der Waals surface area contributed by atoms with Gasteiger partial charge in [0.05, 0.1) is 24.1 Å². The largest absolute Gasteiger partial charge is 0.370 e. The van der Waals surface area contributed by atoms with Gasteiger partial charge in [-0.25, -0.2) is 21.6 Å². The van der Waals surface area contributed by atoms with Crippen molar-refractivity contribution in [1.29, 1.82) is 0 Å². The average molecular weight is 629 g/mol. The van der Waals surface area contributed by atoms with Crippen LogP contribution in [0.3, 0.4) is 0 Å². The molecule has 6 N–H and O–H groups in total. The molecule has 1 aliphatic rings. The van der Waals surface area contributed by atoms with Crippen LogP contribution in [-0.2, 0) is 40.0 Å². The minimum absolute atomic E-state index is 0.0802. The topological polar surface area (TPSA) is 211 Å². The van der Waals surface area contributed by atoms with Crippen molar-refractivity contribution in [2.24, 2.45) is 22.4 Å². The van der Waals surface area contributed by atoms with E-state index in [4.69, 9.17) is 11.5 Å². The molecule has 0 aromatic heterocycles. The smallest absolute Gasteiger partial charge is 0.241 e. The fourth-order valence-corrected chi connectivity index (χ4v) is 6.90. The highest BCUT2D eigenvalue weighted by atomic mass is 32.2. The van der Waals surface area contributed by atoms with Crippen molar-refractivity contribution in [2.75, 3.05) is 31.6 Å². The van der Waals surface area contributed by atoms with Crippen LogP contribution >= 0.6 is 0 Å². The summed E-state index contributed by atoms with van der Waals surface area (Å²) in [5, 5.41) is 2.61. The van der Waals surface area contributed by atoms with Crippen LogP contribution < -0.4 is 21.5 Å². The lowest BCUT2D eigenvalue weighted by Crippen LogP contribution is -2.53. The Bertz CT molecular complexity index is 1260. The molecule has 0 saturated heterocycles. The van der Waals surface area contributed by atoms with Crippen molar-refractivity contribution in [3.63, 3.8) is 0 Å². The molecule has 2 unspecified atom stereocenters. The van der Waals surface area contributed by atoms with E-state index in [0.29, 0.717) is 18.3 Å². The van der Waals surface area contributed by atoms with E-state index >= 15 is 0 Å². The fourth-order valence-electron chi connectivity index (χ4n) is 4.87. The molecular weight excluding hydrogens is 584 g/mol. The highest BCUT2D eigenvalue weighted by Crippen LogP contribution is 2.25. The van der Waals surface area contributed by atoms with Gasteiger partial charge < -0.3 is 26.5 Å². The first kappa shape index (κ1) is 35.2. The number of sulfone groups is 1. The van der Waals surface area contributed by atoms with Crippen LogP contribution in [-0.4, -0.2) is 89.5 Å². The summed E-state index contributed by atoms with van der Waals surface area (Å²) < 4.78 is 52.4. The zero-order chi connectivity index (χ0) is 31.2. The molecule has 0 bridgehead atoms. The highest BCUT2D eigenvalue weighted by Gasteiger charge is 2.32. The van der Waals surface area contributed by atoms with Gasteiger partial charge in [-0.2, -0.15) is 0 Å². The number of benzene rings is 1. The van der Waals surface area contributed by atoms with Crippen LogP contribution in [0.25, 0.3) is 0 Å². The van der Waals surface area contributed by atoms with Gasteiger partial charge in [-0.3, -0.25) is 14.6 Å². The lowest BCUT2D eigenvalue weighted by atomic mass is 9.89. The predicted octanol–water partition coefficient (Wildman–Crippen LogP) is 0.0555. The summed E-state index contributed by atoms with van der Waals surface area (Å²) in [6.45, 7) is 0.0711. The van der Waals surface area contributed by atoms with Crippen molar-refractivity contribution < 1.29 is 31.2 Å². The predicted molar refractivity (Wildman–Crippen MR) is 161 cm³/mol. The number of rotatable bonds is 18. The molecule has 0 aliphatic heterocycles. The number of carbonyl (C=O) groups excluding carboxylic acids is 3. The number of sulfonamides is 1. The summed E-state index contributed by atoms with van der Waals surface area (Å²) in [5.41, 5.74) is 11.1. The van der Waals surface area contributed by atoms with E-state index in [-0.39, 0.29) is 37.8 Å². The molecule has 0 spiro atoms. The van der Waals surface area contributed by atoms with Gasteiger partial charge in [0.25, 0.3) is 0 Å². The van der Waals surface area contributed by atoms with Crippen LogP contribution in [0.15, 0.2) is 35.3 Å². The second-order valence-electron chi connectivity index (χ2n) is 10.8. The number of aldehydes is 1. The Kier molecular flexibility index (Phi) is 14.4. The highest BCUT2D eigenvalue weighted by molar-refractivity contribution is 7.90. The molecule has 2 atom stereocenters. The Hall–Kier alpha value is -3.04. The molecule has 0 heterocycles. The molecule has 1 fully saturated rings. The number of nitrogens with zero attached hydrogens (tertiary/aromatic N) is 2. The minimum Gasteiger partial charge on any atom is -0.370 e. The van der Waals surface area contributed by atoms with Gasteiger partial charge in [-0.05, 0) is 43.6 Å². The van der Waals surface area contributed by atoms with E-state index < -0.39 is 61.8 Å². The molecule has 0 radical (unpaired) electrons. The molecule has 2 amide bonds. The van der Waals surface area contributed by atoms with Crippen molar-refractivity contribution in [3.8, 4) is 0 Å². The van der Waals surface area contributed by atoms with Gasteiger partial charge in [-0.15, -0.1) is 0 Å². The maximum atomic E-state index is 13.8. The summed E-state index contributed by atoms with van der Waals surface area (Å²) in [6.07, 6.45) is 6.73. The SMILES string of the molecule is CS(=O)(=O)CCC(NS(=O)(=O)Cc1ccccc1)C(=O)N(CC(=O)NC(C=O)CCCN=C(N)N)CC1CCCCC1. The maximum Gasteiger partial charge on any atom is 0.241 e. The van der Waals surface area contributed by atoms with E-state index in [0.717, 1.165) is 38.4 Å². The van der Waals surface area contributed by atoms with Gasteiger partial charge >= 0.3 is 0 Å². The number of hydrogen-bond acceptors (Lipinski definition) is 8. The zero-order valence-electron chi connectivity index (χ0n) is 24.1. The molecule has 1 aromatic rings. The van der Waals surface area contributed by atoms with E-state index in [2.05, 4.69) is 15.0 Å². The van der Waals surface area contributed by atoms with Gasteiger partial charge in [0.1, 0.15) is 22.2 Å². The summed E-state index contributed by atoms with van der Waals surface area (Å²) in [6, 6.07) is 6.16. The standard InChI is InChI=1S/C27H44N6O7S2/c1-41(37,38)16-14-24(32-42(39,40)20-22-11-6-3-7-12-22)26(36)33(17-21-9-4-2-5-10-21)18-25(35)31-23(19-34)13-8-15-30-27(28)29/h3,6-7,11-12,19,21,23-24,32H,2,4-5,8-10,13-18,20H2,1H3,(H,31,35)(H4,28,29,30). The Morgan fingerprint density at radius 1 is 1.07 bits per heavy atom. The summed E-state index contributed by atoms with van der Waals surface area (Å²) in [7, 11) is -7.58. The lowest BCUT2D eigenvalue weighted by Gasteiger charge is -2.32. The van der Waals surface area contributed by atoms with Crippen LogP contribution in [0.1, 0.15) is 56.9 Å². The zero-order valence-corrected chi connectivity index (χ0v) is 25.7. The molecule has 1 aromatic carbocycles. The number of hydrogen-bond donors (Lipinski definition) is 4. The Morgan fingerprint density at radius 3 is 2.33 bits per heavy atom. The van der Waals surface area contributed by atoms with Gasteiger partial charge in [0, 0.05) is 19.3 Å². The second-order valence-corrected chi connectivity index (χ2v) is 14.8. The first-order valence-electron chi connectivity index (χ1n) is 14.1. The third-order valence-corrected chi connectivity index (χ3v) is 9.26. The average Bonchev–Trinajstić information content (AvgIpc) is 2.92. The monoisotopic (exact) mass is 628 g/mol. The molecule has 1 saturated carbocycles. The number of guanidine groups is 1. The van der Waals surface area contributed by atoms with Crippen LogP contribution in [0.4, 0.5) is 0 Å². The Labute approximate surface area is 248 Å². The van der Waals surface area contributed by atoms with Gasteiger partial charge in [0.2, 0.25) is 21.8 Å². The van der Waals surface area contributed by atoms with Crippen molar-refractivity contribution in [3.05, 3.63) is 35.9 Å². The van der Waals surface area contributed by atoms with Crippen LogP contribution in [0.5, 0.6) is 0 Å². The molecule has 1 aliphatic carbocycles. The third kappa shape index (κ3) is 14.2. The fraction of sp³-hybridized carbons (Fsp3) is 0.630. The van der Waals surface area contributed by atoms with Crippen molar-refractivity contribution >= 4 is 43.9 Å². The summed E-state index contributed by atoms with van der Waals surface area (Å²) >= 11 is 0. The molecule has 42 heavy (non-hydrogen) atoms. The Morgan fingerprint density at radius 2 is 1.74 bits per heavy atom. The second kappa shape index (κ2) is 17.2. The van der Waals surface area contributed by atoms with Crippen molar-refractivity contribution in [1.82, 2.24) is 14.9 Å². The van der Waals surface area contributed by atoms with Crippen LogP contribution in [0.2, 0.25) is 0 Å². The van der Waals surface area contributed by atoms with Gasteiger partial charge in [0.15, 0.2) is 5.96 Å². The van der Waals surface area contributed by atoms with E-state index in [1.807, 2.05) is 0 Å². The van der Waals surface area contributed by atoms with E-state index in [1.54, 1.807) is 30.3 Å². The Balaban J connectivity index is 2.23. The number of nitrogens with two attached hydrogens (primary N) is 2. The number of nitrogens with one attached hydrogen (secondary N) is 2. The number of amides is 2. The molecule has 15 heteroatoms. The van der Waals surface area contributed by atoms with E-state index in [9.17, 15) is 31.2 Å². The maximum absolute atomic E-state index is 13.8. The molecule has 2 rings (SSSR count). The lowest BCUT2D eigenvalue weighted by molar-refractivity contribution is -0.138. The molecule has 13 nitrogen and oxygen atoms in total. The number of aliphatic imine (C=N–C) groups is 1. The normalized spacial score (nSPS) is 15.7. The molecule has 236 valence electrons. The first-order chi connectivity index (χ1) is 19.8. The first-order valence-corrected chi connectivity index (χ1v) is 17.8. The summed E-state index contributed by atoms with van der Waals surface area (Å²) in [4.78, 5) is 43.6. The van der Waals surface area contributed by atoms with Crippen LogP contribution in [0, 0.1) is 5.92 Å². The number of carbonyl (C=O) groups is 3. The third-order valence-electron chi connectivity index (χ3n) is 6.92. The molecular formula is C27H44N6O7S2. The van der Waals surface area contributed by atoms with Crippen molar-refractivity contribution in [2.45, 2.75) is 69.2 Å². The quantitative estimate of drug-likeness (QED) is 0.0748. The van der Waals surface area contributed by atoms with E-state index in [1.165, 1.54) is 4.90 Å². The van der Waals surface area contributed by atoms with Gasteiger partial charge in [-0.1, -0.05) is 49.6 Å².